The highest BCUT2D eigenvalue weighted by molar-refractivity contribution is 7.92. The first-order valence-electron chi connectivity index (χ1n) is 11.5. The Kier molecular flexibility index (Phi) is 7.56. The number of nitrogens with zero attached hydrogens (tertiary/aromatic N) is 2. The van der Waals surface area contributed by atoms with Crippen LogP contribution in [-0.4, -0.2) is 42.2 Å². The Morgan fingerprint density at radius 1 is 1.05 bits per heavy atom. The van der Waals surface area contributed by atoms with Crippen LogP contribution < -0.4 is 10.0 Å². The summed E-state index contributed by atoms with van der Waals surface area (Å²) in [6.45, 7) is -0.787. The maximum Gasteiger partial charge on any atom is 0.324 e. The fourth-order valence-electron chi connectivity index (χ4n) is 4.17. The van der Waals surface area contributed by atoms with Crippen LogP contribution in [0.4, 0.5) is 5.69 Å². The van der Waals surface area contributed by atoms with Crippen molar-refractivity contribution in [2.24, 2.45) is 12.8 Å². The highest BCUT2D eigenvalue weighted by Gasteiger charge is 2.28. The highest BCUT2D eigenvalue weighted by atomic mass is 35.5. The van der Waals surface area contributed by atoms with Gasteiger partial charge in [0, 0.05) is 46.7 Å². The number of halogens is 1. The van der Waals surface area contributed by atoms with Crippen LogP contribution in [0.1, 0.15) is 27.9 Å². The monoisotopic (exact) mass is 552 g/mol. The Bertz CT molecular complexity index is 1650. The van der Waals surface area contributed by atoms with Crippen molar-refractivity contribution in [1.82, 2.24) is 4.57 Å². The number of aryl methyl sites for hydroxylation is 2. The number of nitrogens with one attached hydrogen (secondary N) is 1. The van der Waals surface area contributed by atoms with Crippen LogP contribution in [0.2, 0.25) is 5.02 Å². The molecule has 0 aliphatic carbocycles. The second-order valence-corrected chi connectivity index (χ2v) is 11.0. The summed E-state index contributed by atoms with van der Waals surface area (Å²) in [5.74, 6) is -1.52. The lowest BCUT2D eigenvalue weighted by Gasteiger charge is -2.23. The van der Waals surface area contributed by atoms with E-state index in [4.69, 9.17) is 22.7 Å². The van der Waals surface area contributed by atoms with E-state index in [1.807, 2.05) is 12.1 Å². The molecule has 4 aromatic rings. The average molecular weight is 553 g/mol. The molecule has 0 atom stereocenters. The van der Waals surface area contributed by atoms with Crippen molar-refractivity contribution in [1.29, 1.82) is 5.41 Å². The van der Waals surface area contributed by atoms with E-state index in [0.29, 0.717) is 33.5 Å². The molecule has 1 aromatic heterocycles. The number of rotatable bonds is 10. The average Bonchev–Trinajstić information content (AvgIpc) is 3.22. The first kappa shape index (κ1) is 26.9. The second kappa shape index (κ2) is 10.7. The molecule has 9 nitrogen and oxygen atoms in total. The van der Waals surface area contributed by atoms with Crippen LogP contribution >= 0.6 is 11.6 Å². The van der Waals surface area contributed by atoms with Crippen LogP contribution in [0.5, 0.6) is 0 Å². The predicted octanol–water partition coefficient (Wildman–Crippen LogP) is 4.21. The van der Waals surface area contributed by atoms with Gasteiger partial charge >= 0.3 is 5.97 Å². The minimum Gasteiger partial charge on any atom is -0.480 e. The molecule has 0 radical (unpaired) electrons. The van der Waals surface area contributed by atoms with Gasteiger partial charge in [0.25, 0.3) is 10.0 Å². The van der Waals surface area contributed by atoms with Gasteiger partial charge in [-0.1, -0.05) is 35.9 Å². The molecule has 0 spiro atoms. The third kappa shape index (κ3) is 5.56. The van der Waals surface area contributed by atoms with Crippen molar-refractivity contribution in [2.75, 3.05) is 10.8 Å². The van der Waals surface area contributed by atoms with Crippen molar-refractivity contribution in [3.8, 4) is 0 Å². The Morgan fingerprint density at radius 2 is 1.71 bits per heavy atom. The summed E-state index contributed by atoms with van der Waals surface area (Å²) in [6.07, 6.45) is 2.30. The first-order valence-corrected chi connectivity index (χ1v) is 13.3. The largest absolute Gasteiger partial charge is 0.480 e. The first-order chi connectivity index (χ1) is 18.0. The topological polar surface area (TPSA) is 147 Å². The maximum atomic E-state index is 13.6. The lowest BCUT2D eigenvalue weighted by Crippen LogP contribution is -2.35. The van der Waals surface area contributed by atoms with E-state index in [0.717, 1.165) is 9.87 Å². The number of benzene rings is 3. The molecule has 11 heteroatoms. The zero-order chi connectivity index (χ0) is 27.6. The molecule has 0 bridgehead atoms. The lowest BCUT2D eigenvalue weighted by molar-refractivity contribution is -0.135. The third-order valence-electron chi connectivity index (χ3n) is 6.15. The number of carbonyl (C=O) groups is 2. The van der Waals surface area contributed by atoms with Gasteiger partial charge in [-0.3, -0.25) is 19.3 Å². The molecular formula is C27H25ClN4O5S. The van der Waals surface area contributed by atoms with Gasteiger partial charge in [0.15, 0.2) is 5.78 Å². The van der Waals surface area contributed by atoms with Crippen LogP contribution in [0, 0.1) is 5.41 Å². The molecule has 38 heavy (non-hydrogen) atoms. The zero-order valence-electron chi connectivity index (χ0n) is 20.4. The van der Waals surface area contributed by atoms with E-state index < -0.39 is 22.5 Å². The van der Waals surface area contributed by atoms with Gasteiger partial charge in [-0.2, -0.15) is 0 Å². The molecular weight excluding hydrogens is 528 g/mol. The number of carboxylic acids is 1. The van der Waals surface area contributed by atoms with Gasteiger partial charge in [0.05, 0.1) is 10.6 Å². The molecule has 4 rings (SSSR count). The zero-order valence-corrected chi connectivity index (χ0v) is 22.0. The summed E-state index contributed by atoms with van der Waals surface area (Å²) in [5.41, 5.74) is 8.17. The quantitative estimate of drug-likeness (QED) is 0.152. The molecule has 0 saturated heterocycles. The molecule has 0 fully saturated rings. The van der Waals surface area contributed by atoms with E-state index >= 15 is 0 Å². The number of ketones is 1. The minimum atomic E-state index is -4.29. The smallest absolute Gasteiger partial charge is 0.324 e. The van der Waals surface area contributed by atoms with Crippen LogP contribution in [0.3, 0.4) is 0 Å². The van der Waals surface area contributed by atoms with E-state index in [9.17, 15) is 23.1 Å². The number of aliphatic carboxylic acids is 1. The van der Waals surface area contributed by atoms with E-state index in [2.05, 4.69) is 0 Å². The summed E-state index contributed by atoms with van der Waals surface area (Å²) in [4.78, 5) is 24.6. The van der Waals surface area contributed by atoms with Gasteiger partial charge in [0.2, 0.25) is 0 Å². The van der Waals surface area contributed by atoms with Gasteiger partial charge in [-0.15, -0.1) is 0 Å². The fraction of sp³-hybridized carbons (Fsp3) is 0.148. The van der Waals surface area contributed by atoms with Crippen molar-refractivity contribution in [3.05, 3.63) is 94.6 Å². The summed E-state index contributed by atoms with van der Waals surface area (Å²) >= 11 is 5.92. The normalized spacial score (nSPS) is 11.4. The molecule has 196 valence electrons. The van der Waals surface area contributed by atoms with Crippen molar-refractivity contribution in [3.63, 3.8) is 0 Å². The van der Waals surface area contributed by atoms with Gasteiger partial charge in [0.1, 0.15) is 12.4 Å². The van der Waals surface area contributed by atoms with Gasteiger partial charge in [-0.05, 0) is 54.4 Å². The number of aromatic nitrogens is 1. The standard InChI is InChI=1S/C27H25ClN4O5S/c1-31-15-23(25(33)13-4-17-2-5-18(6-3-17)27(29)30)22-14-21(11-12-24(22)31)38(36,37)32(16-26(34)35)20-9-7-19(28)8-10-20/h2-3,5-12,14-15H,4,13,16H2,1H3,(H3,29,30)(H,34,35). The van der Waals surface area contributed by atoms with Crippen LogP contribution in [0.25, 0.3) is 10.9 Å². The number of hydrogen-bond donors (Lipinski definition) is 3. The number of sulfonamides is 1. The third-order valence-corrected chi connectivity index (χ3v) is 8.17. The van der Waals surface area contributed by atoms with E-state index in [1.165, 1.54) is 36.4 Å². The van der Waals surface area contributed by atoms with Gasteiger partial charge in [-0.25, -0.2) is 8.42 Å². The number of nitrogen functional groups attached to an aromatic ring is 1. The molecule has 3 aromatic carbocycles. The number of nitrogens with two attached hydrogens (primary N) is 1. The number of hydrogen-bond acceptors (Lipinski definition) is 5. The number of Topliss-reactive ketones (excluding diaryl/α,β-unsaturated/α-hetero) is 1. The Hall–Kier alpha value is -4.15. The summed E-state index contributed by atoms with van der Waals surface area (Å²) in [5, 5.41) is 17.7. The fourth-order valence-corrected chi connectivity index (χ4v) is 5.74. The molecule has 0 saturated carbocycles. The Labute approximate surface area is 224 Å². The SMILES string of the molecule is Cn1cc(C(=O)CCc2ccc(C(=N)N)cc2)c2cc(S(=O)(=O)N(CC(=O)O)c3ccc(Cl)cc3)ccc21. The van der Waals surface area contributed by atoms with Crippen LogP contribution in [0.15, 0.2) is 77.8 Å². The second-order valence-electron chi connectivity index (χ2n) is 8.75. The molecule has 0 aliphatic rings. The molecule has 0 aliphatic heterocycles. The maximum absolute atomic E-state index is 13.6. The molecule has 1 heterocycles. The van der Waals surface area contributed by atoms with Crippen molar-refractivity contribution >= 4 is 55.8 Å². The molecule has 0 amide bonds. The van der Waals surface area contributed by atoms with E-state index in [-0.39, 0.29) is 28.6 Å². The number of anilines is 1. The summed E-state index contributed by atoms with van der Waals surface area (Å²) in [7, 11) is -2.53. The van der Waals surface area contributed by atoms with E-state index in [1.54, 1.807) is 36.0 Å². The highest BCUT2D eigenvalue weighted by Crippen LogP contribution is 2.30. The van der Waals surface area contributed by atoms with Crippen molar-refractivity contribution in [2.45, 2.75) is 17.7 Å². The van der Waals surface area contributed by atoms with Crippen LogP contribution in [-0.2, 0) is 28.3 Å². The van der Waals surface area contributed by atoms with Gasteiger partial charge < -0.3 is 15.4 Å². The summed E-state index contributed by atoms with van der Waals surface area (Å²) < 4.78 is 29.7. The predicted molar refractivity (Wildman–Crippen MR) is 147 cm³/mol. The van der Waals surface area contributed by atoms with Crippen molar-refractivity contribution < 1.29 is 23.1 Å². The minimum absolute atomic E-state index is 0.0351. The number of amidine groups is 1. The summed E-state index contributed by atoms with van der Waals surface area (Å²) in [6, 6.07) is 17.3. The molecule has 4 N–H and O–H groups in total. The number of carbonyl (C=O) groups excluding carboxylic acids is 1. The molecule has 0 unspecified atom stereocenters. The lowest BCUT2D eigenvalue weighted by atomic mass is 10.0. The number of fused-ring (bicyclic) bond motifs is 1. The number of carboxylic acid groups (broad SMARTS) is 1. The Balaban J connectivity index is 1.67. The Morgan fingerprint density at radius 3 is 2.32 bits per heavy atom.